The number of nitrogens with zero attached hydrogens (tertiary/aromatic N) is 3. The number of hydrogen-bond acceptors (Lipinski definition) is 9. The Kier molecular flexibility index (Phi) is 7.78. The van der Waals surface area contributed by atoms with Crippen molar-refractivity contribution in [3.8, 4) is 10.6 Å². The summed E-state index contributed by atoms with van der Waals surface area (Å²) in [7, 11) is 2.90. The number of rotatable bonds is 7. The molecule has 8 nitrogen and oxygen atoms in total. The number of carbonyl (C=O) groups excluding carboxylic acids is 1. The summed E-state index contributed by atoms with van der Waals surface area (Å²) in [5, 5.41) is 14.9. The first-order valence-electron chi connectivity index (χ1n) is 11.9. The average Bonchev–Trinajstić information content (AvgIpc) is 3.34. The molecular weight excluding hydrogens is 521 g/mol. The summed E-state index contributed by atoms with van der Waals surface area (Å²) in [5.41, 5.74) is -1.29. The molecule has 0 saturated heterocycles. The summed E-state index contributed by atoms with van der Waals surface area (Å²) in [4.78, 5) is 25.9. The fourth-order valence-corrected chi connectivity index (χ4v) is 5.93. The molecule has 1 saturated carbocycles. The zero-order valence-electron chi connectivity index (χ0n) is 21.4. The number of aromatic nitrogens is 3. The van der Waals surface area contributed by atoms with E-state index in [0.717, 1.165) is 23.9 Å². The lowest BCUT2D eigenvalue weighted by Crippen LogP contribution is -2.45. The highest BCUT2D eigenvalue weighted by Gasteiger charge is 2.49. The second-order valence-electron chi connectivity index (χ2n) is 10.1. The van der Waals surface area contributed by atoms with Gasteiger partial charge in [-0.15, -0.1) is 11.3 Å². The second-order valence-corrected chi connectivity index (χ2v) is 11.1. The van der Waals surface area contributed by atoms with Crippen molar-refractivity contribution in [2.45, 2.75) is 51.5 Å². The van der Waals surface area contributed by atoms with Gasteiger partial charge in [-0.2, -0.15) is 13.2 Å². The molecule has 1 aliphatic rings. The first-order chi connectivity index (χ1) is 17.8. The van der Waals surface area contributed by atoms with E-state index in [2.05, 4.69) is 20.3 Å². The summed E-state index contributed by atoms with van der Waals surface area (Å²) < 4.78 is 49.6. The Morgan fingerprint density at radius 2 is 1.97 bits per heavy atom. The first-order valence-corrected chi connectivity index (χ1v) is 12.7. The van der Waals surface area contributed by atoms with Crippen LogP contribution in [0.4, 0.5) is 24.8 Å². The van der Waals surface area contributed by atoms with Gasteiger partial charge in [0.2, 0.25) is 0 Å². The Morgan fingerprint density at radius 1 is 1.21 bits per heavy atom. The van der Waals surface area contributed by atoms with Gasteiger partial charge in [-0.05, 0) is 54.5 Å². The van der Waals surface area contributed by atoms with Crippen LogP contribution in [0.25, 0.3) is 10.6 Å². The van der Waals surface area contributed by atoms with Crippen molar-refractivity contribution < 1.29 is 32.5 Å². The van der Waals surface area contributed by atoms with Crippen LogP contribution >= 0.6 is 11.3 Å². The van der Waals surface area contributed by atoms with Crippen molar-refractivity contribution in [1.82, 2.24) is 15.0 Å². The van der Waals surface area contributed by atoms with Gasteiger partial charge in [-0.25, -0.2) is 15.0 Å². The minimum absolute atomic E-state index is 0.00302. The number of pyridine rings is 2. The summed E-state index contributed by atoms with van der Waals surface area (Å²) in [6.07, 6.45) is -0.656. The van der Waals surface area contributed by atoms with E-state index in [1.54, 1.807) is 18.3 Å². The molecule has 1 aliphatic carbocycles. The fraction of sp³-hybridized carbons (Fsp3) is 0.462. The van der Waals surface area contributed by atoms with E-state index >= 15 is 0 Å². The van der Waals surface area contributed by atoms with E-state index in [1.807, 2.05) is 13.8 Å². The zero-order valence-corrected chi connectivity index (χ0v) is 22.2. The van der Waals surface area contributed by atoms with Gasteiger partial charge in [0.1, 0.15) is 22.2 Å². The van der Waals surface area contributed by atoms with E-state index in [0.29, 0.717) is 34.8 Å². The lowest BCUT2D eigenvalue weighted by molar-refractivity contribution is -0.157. The molecule has 2 N–H and O–H groups in total. The number of anilines is 2. The predicted octanol–water partition coefficient (Wildman–Crippen LogP) is 5.70. The Hall–Kier alpha value is -3.09. The molecule has 1 fully saturated rings. The largest absolute Gasteiger partial charge is 0.469 e. The molecule has 0 unspecified atom stereocenters. The Morgan fingerprint density at radius 3 is 2.63 bits per heavy atom. The van der Waals surface area contributed by atoms with E-state index in [1.165, 1.54) is 25.6 Å². The highest BCUT2D eigenvalue weighted by Crippen LogP contribution is 2.51. The van der Waals surface area contributed by atoms with Crippen molar-refractivity contribution in [1.29, 1.82) is 0 Å². The number of ether oxygens (including phenoxy) is 2. The number of carbonyl (C=O) groups is 1. The van der Waals surface area contributed by atoms with Crippen LogP contribution in [0.1, 0.15) is 49.2 Å². The minimum atomic E-state index is -4.50. The van der Waals surface area contributed by atoms with E-state index in [4.69, 9.17) is 9.47 Å². The third-order valence-corrected chi connectivity index (χ3v) is 7.93. The van der Waals surface area contributed by atoms with Gasteiger partial charge in [-0.1, -0.05) is 13.8 Å². The Bertz CT molecular complexity index is 1310. The molecule has 12 heteroatoms. The van der Waals surface area contributed by atoms with Gasteiger partial charge in [0.05, 0.1) is 35.8 Å². The highest BCUT2D eigenvalue weighted by molar-refractivity contribution is 7.15. The maximum atomic E-state index is 13.1. The molecule has 4 rings (SSSR count). The normalized spacial score (nSPS) is 21.2. The fourth-order valence-electron chi connectivity index (χ4n) is 4.94. The number of esters is 1. The van der Waals surface area contributed by atoms with Gasteiger partial charge >= 0.3 is 12.1 Å². The topological polar surface area (TPSA) is 106 Å². The van der Waals surface area contributed by atoms with Crippen LogP contribution in [-0.4, -0.2) is 40.2 Å². The highest BCUT2D eigenvalue weighted by atomic mass is 32.1. The lowest BCUT2D eigenvalue weighted by Gasteiger charge is -2.44. The summed E-state index contributed by atoms with van der Waals surface area (Å²) >= 11 is 1.28. The van der Waals surface area contributed by atoms with E-state index in [-0.39, 0.29) is 30.1 Å². The molecule has 3 heterocycles. The standard InChI is InChI=1S/C26H29F3N4O4S/c1-24(2)14-25(35,7-5-17(24)22(34)37-4)23-31-12-19(38-23)18-9-15(13-36-3)10-21(32-18)33-20-11-16(6-8-30-20)26(27,28)29/h6,8-12,17,35H,5,7,13-14H2,1-4H3,(H,30,32,33)/t17-,25-/m0/s1. The maximum Gasteiger partial charge on any atom is 0.416 e. The number of hydrogen-bond donors (Lipinski definition) is 2. The smallest absolute Gasteiger partial charge is 0.416 e. The monoisotopic (exact) mass is 550 g/mol. The zero-order chi connectivity index (χ0) is 27.7. The van der Waals surface area contributed by atoms with Crippen molar-refractivity contribution in [3.05, 3.63) is 52.8 Å². The molecule has 2 atom stereocenters. The molecule has 0 radical (unpaired) electrons. The third kappa shape index (κ3) is 5.97. The maximum absolute atomic E-state index is 13.1. The van der Waals surface area contributed by atoms with Gasteiger partial charge in [0.25, 0.3) is 0 Å². The van der Waals surface area contributed by atoms with Crippen LogP contribution in [-0.2, 0) is 32.7 Å². The lowest BCUT2D eigenvalue weighted by atomic mass is 9.63. The quantitative estimate of drug-likeness (QED) is 0.361. The van der Waals surface area contributed by atoms with Crippen LogP contribution < -0.4 is 5.32 Å². The molecule has 0 aliphatic heterocycles. The Labute approximate surface area is 222 Å². The molecule has 3 aromatic rings. The summed E-state index contributed by atoms with van der Waals surface area (Å²) in [6, 6.07) is 5.28. The van der Waals surface area contributed by atoms with E-state index in [9.17, 15) is 23.1 Å². The summed E-state index contributed by atoms with van der Waals surface area (Å²) in [5.74, 6) is -0.324. The minimum Gasteiger partial charge on any atom is -0.469 e. The number of alkyl halides is 3. The molecule has 0 aromatic carbocycles. The molecular formula is C26H29F3N4O4S. The van der Waals surface area contributed by atoms with Gasteiger partial charge < -0.3 is 19.9 Å². The van der Waals surface area contributed by atoms with Crippen LogP contribution in [0.3, 0.4) is 0 Å². The van der Waals surface area contributed by atoms with Crippen molar-refractivity contribution in [2.24, 2.45) is 11.3 Å². The first kappa shape index (κ1) is 27.9. The predicted molar refractivity (Wildman–Crippen MR) is 136 cm³/mol. The molecule has 0 bridgehead atoms. The number of aliphatic hydroxyl groups is 1. The van der Waals surface area contributed by atoms with Gasteiger partial charge in [0, 0.05) is 19.5 Å². The van der Waals surface area contributed by atoms with Crippen LogP contribution in [0.2, 0.25) is 0 Å². The molecule has 204 valence electrons. The van der Waals surface area contributed by atoms with Crippen molar-refractivity contribution >= 4 is 28.9 Å². The molecule has 0 spiro atoms. The Balaban J connectivity index is 1.62. The van der Waals surface area contributed by atoms with Gasteiger partial charge in [0.15, 0.2) is 0 Å². The van der Waals surface area contributed by atoms with Crippen LogP contribution in [0.15, 0.2) is 36.7 Å². The SMILES string of the molecule is COCc1cc(Nc2cc(C(F)(F)F)ccn2)nc(-c2cnc([C@]3(O)CC[C@@H](C(=O)OC)C(C)(C)C3)s2)c1. The van der Waals surface area contributed by atoms with Crippen molar-refractivity contribution in [2.75, 3.05) is 19.5 Å². The molecule has 3 aromatic heterocycles. The van der Waals surface area contributed by atoms with Gasteiger partial charge in [-0.3, -0.25) is 4.79 Å². The molecule has 38 heavy (non-hydrogen) atoms. The molecule has 0 amide bonds. The second kappa shape index (κ2) is 10.6. The third-order valence-electron chi connectivity index (χ3n) is 6.72. The summed E-state index contributed by atoms with van der Waals surface area (Å²) in [6.45, 7) is 4.12. The van der Waals surface area contributed by atoms with Crippen LogP contribution in [0, 0.1) is 11.3 Å². The number of nitrogens with one attached hydrogen (secondary N) is 1. The number of methoxy groups -OCH3 is 2. The van der Waals surface area contributed by atoms with E-state index < -0.39 is 22.8 Å². The number of halogens is 3. The average molecular weight is 551 g/mol. The van der Waals surface area contributed by atoms with Crippen molar-refractivity contribution in [3.63, 3.8) is 0 Å². The van der Waals surface area contributed by atoms with Crippen LogP contribution in [0.5, 0.6) is 0 Å². The number of thiazole rings is 1.